The predicted octanol–water partition coefficient (Wildman–Crippen LogP) is 2.95. The quantitative estimate of drug-likeness (QED) is 0.883. The Labute approximate surface area is 135 Å². The minimum Gasteiger partial charge on any atom is -0.481 e. The zero-order chi connectivity index (χ0) is 15.2. The molecule has 1 amide bonds. The molecule has 1 aliphatic heterocycles. The van der Waals surface area contributed by atoms with Gasteiger partial charge in [-0.3, -0.25) is 4.79 Å². The maximum absolute atomic E-state index is 12.4. The van der Waals surface area contributed by atoms with Gasteiger partial charge >= 0.3 is 0 Å². The molecule has 0 aliphatic carbocycles. The number of rotatable bonds is 5. The van der Waals surface area contributed by atoms with Gasteiger partial charge in [0.25, 0.3) is 5.91 Å². The van der Waals surface area contributed by atoms with Crippen molar-refractivity contribution in [3.8, 4) is 5.75 Å². The van der Waals surface area contributed by atoms with Crippen LogP contribution in [0.5, 0.6) is 5.75 Å². The number of carbonyl (C=O) groups is 1. The Bertz CT molecular complexity index is 487. The minimum atomic E-state index is -0.445. The van der Waals surface area contributed by atoms with Crippen LogP contribution in [0.1, 0.15) is 31.7 Å². The van der Waals surface area contributed by atoms with Crippen LogP contribution in [0.3, 0.4) is 0 Å². The highest BCUT2D eigenvalue weighted by atomic mass is 79.9. The van der Waals surface area contributed by atoms with Crippen molar-refractivity contribution in [2.75, 3.05) is 20.1 Å². The topological polar surface area (TPSA) is 41.6 Å². The number of hydrogen-bond donors (Lipinski definition) is 1. The fourth-order valence-electron chi connectivity index (χ4n) is 2.60. The van der Waals surface area contributed by atoms with Gasteiger partial charge in [0.05, 0.1) is 0 Å². The standard InChI is InChI=1S/C16H23BrN2O2/c1-12(16(20)19-8-4-3-5-9-19)21-15-7-6-14(17)10-13(15)11-18-2/h6-7,10,12,18H,3-5,8-9,11H2,1-2H3. The van der Waals surface area contributed by atoms with Gasteiger partial charge in [0.15, 0.2) is 6.10 Å². The number of piperidine rings is 1. The molecular formula is C16H23BrN2O2. The minimum absolute atomic E-state index is 0.0908. The van der Waals surface area contributed by atoms with E-state index in [1.54, 1.807) is 0 Å². The lowest BCUT2D eigenvalue weighted by Crippen LogP contribution is -2.43. The number of hydrogen-bond acceptors (Lipinski definition) is 3. The van der Waals surface area contributed by atoms with E-state index in [1.165, 1.54) is 6.42 Å². The number of carbonyl (C=O) groups excluding carboxylic acids is 1. The maximum Gasteiger partial charge on any atom is 0.263 e. The molecule has 2 rings (SSSR count). The molecule has 21 heavy (non-hydrogen) atoms. The van der Waals surface area contributed by atoms with Crippen molar-refractivity contribution < 1.29 is 9.53 Å². The number of benzene rings is 1. The molecule has 1 heterocycles. The van der Waals surface area contributed by atoms with Crippen molar-refractivity contribution in [1.29, 1.82) is 0 Å². The molecular weight excluding hydrogens is 332 g/mol. The molecule has 0 radical (unpaired) electrons. The highest BCUT2D eigenvalue weighted by Gasteiger charge is 2.24. The first-order chi connectivity index (χ1) is 10.1. The second-order valence-electron chi connectivity index (χ2n) is 5.43. The molecule has 0 spiro atoms. The second-order valence-corrected chi connectivity index (χ2v) is 6.34. The summed E-state index contributed by atoms with van der Waals surface area (Å²) >= 11 is 3.47. The molecule has 0 bridgehead atoms. The Balaban J connectivity index is 2.04. The summed E-state index contributed by atoms with van der Waals surface area (Å²) in [5.41, 5.74) is 1.05. The summed E-state index contributed by atoms with van der Waals surface area (Å²) in [5, 5.41) is 3.12. The Morgan fingerprint density at radius 3 is 2.76 bits per heavy atom. The molecule has 116 valence electrons. The average molecular weight is 355 g/mol. The van der Waals surface area contributed by atoms with Crippen molar-refractivity contribution in [3.63, 3.8) is 0 Å². The lowest BCUT2D eigenvalue weighted by Gasteiger charge is -2.29. The van der Waals surface area contributed by atoms with E-state index in [4.69, 9.17) is 4.74 Å². The summed E-state index contributed by atoms with van der Waals surface area (Å²) in [6.45, 7) is 4.26. The number of amides is 1. The molecule has 0 aromatic heterocycles. The van der Waals surface area contributed by atoms with E-state index < -0.39 is 6.10 Å². The van der Waals surface area contributed by atoms with Gasteiger partial charge in [-0.05, 0) is 51.4 Å². The van der Waals surface area contributed by atoms with E-state index in [9.17, 15) is 4.79 Å². The fourth-order valence-corrected chi connectivity index (χ4v) is 3.01. The summed E-state index contributed by atoms with van der Waals surface area (Å²) in [6, 6.07) is 5.87. The van der Waals surface area contributed by atoms with Crippen LogP contribution in [0.25, 0.3) is 0 Å². The molecule has 1 unspecified atom stereocenters. The Morgan fingerprint density at radius 1 is 1.38 bits per heavy atom. The summed E-state index contributed by atoms with van der Waals surface area (Å²) < 4.78 is 6.93. The van der Waals surface area contributed by atoms with Gasteiger partial charge in [-0.25, -0.2) is 0 Å². The van der Waals surface area contributed by atoms with E-state index in [-0.39, 0.29) is 5.91 Å². The predicted molar refractivity (Wildman–Crippen MR) is 87.4 cm³/mol. The van der Waals surface area contributed by atoms with Crippen molar-refractivity contribution in [1.82, 2.24) is 10.2 Å². The van der Waals surface area contributed by atoms with Crippen LogP contribution in [-0.4, -0.2) is 37.0 Å². The van der Waals surface area contributed by atoms with Crippen LogP contribution in [0, 0.1) is 0 Å². The Morgan fingerprint density at radius 2 is 2.10 bits per heavy atom. The van der Waals surface area contributed by atoms with Gasteiger partial charge in [-0.1, -0.05) is 15.9 Å². The van der Waals surface area contributed by atoms with E-state index in [0.29, 0.717) is 6.54 Å². The average Bonchev–Trinajstić information content (AvgIpc) is 2.50. The Hall–Kier alpha value is -1.07. The van der Waals surface area contributed by atoms with Crippen molar-refractivity contribution in [3.05, 3.63) is 28.2 Å². The van der Waals surface area contributed by atoms with Crippen LogP contribution in [0.4, 0.5) is 0 Å². The number of likely N-dealkylation sites (tertiary alicyclic amines) is 1. The first-order valence-corrected chi connectivity index (χ1v) is 8.29. The summed E-state index contributed by atoms with van der Waals surface area (Å²) in [6.07, 6.45) is 2.97. The van der Waals surface area contributed by atoms with Crippen LogP contribution in [0.2, 0.25) is 0 Å². The second kappa shape index (κ2) is 7.80. The third kappa shape index (κ3) is 4.45. The van der Waals surface area contributed by atoms with Gasteiger partial charge in [-0.2, -0.15) is 0 Å². The highest BCUT2D eigenvalue weighted by molar-refractivity contribution is 9.10. The van der Waals surface area contributed by atoms with Crippen LogP contribution >= 0.6 is 15.9 Å². The SMILES string of the molecule is CNCc1cc(Br)ccc1OC(C)C(=O)N1CCCCC1. The van der Waals surface area contributed by atoms with Crippen LogP contribution in [0.15, 0.2) is 22.7 Å². The normalized spacial score (nSPS) is 16.6. The number of halogens is 1. The fraction of sp³-hybridized carbons (Fsp3) is 0.562. The number of ether oxygens (including phenoxy) is 1. The van der Waals surface area contributed by atoms with Gasteiger partial charge in [-0.15, -0.1) is 0 Å². The van der Waals surface area contributed by atoms with E-state index in [2.05, 4.69) is 21.2 Å². The molecule has 0 saturated carbocycles. The van der Waals surface area contributed by atoms with Crippen molar-refractivity contribution in [2.45, 2.75) is 38.8 Å². The molecule has 1 saturated heterocycles. The maximum atomic E-state index is 12.4. The van der Waals surface area contributed by atoms with Crippen molar-refractivity contribution in [2.24, 2.45) is 0 Å². The molecule has 1 aromatic rings. The van der Waals surface area contributed by atoms with Gasteiger partial charge in [0.2, 0.25) is 0 Å². The zero-order valence-corrected chi connectivity index (χ0v) is 14.3. The zero-order valence-electron chi connectivity index (χ0n) is 12.7. The summed E-state index contributed by atoms with van der Waals surface area (Å²) in [7, 11) is 1.90. The lowest BCUT2D eigenvalue weighted by atomic mass is 10.1. The van der Waals surface area contributed by atoms with Gasteiger partial charge < -0.3 is 15.0 Å². The molecule has 4 nitrogen and oxygen atoms in total. The lowest BCUT2D eigenvalue weighted by molar-refractivity contribution is -0.138. The molecule has 1 aromatic carbocycles. The smallest absolute Gasteiger partial charge is 0.263 e. The van der Waals surface area contributed by atoms with Crippen LogP contribution < -0.4 is 10.1 Å². The third-order valence-electron chi connectivity index (χ3n) is 3.71. The van der Waals surface area contributed by atoms with E-state index in [1.807, 2.05) is 37.1 Å². The van der Waals surface area contributed by atoms with Gasteiger partial charge in [0, 0.05) is 29.7 Å². The first-order valence-electron chi connectivity index (χ1n) is 7.50. The van der Waals surface area contributed by atoms with E-state index >= 15 is 0 Å². The van der Waals surface area contributed by atoms with Crippen molar-refractivity contribution >= 4 is 21.8 Å². The first kappa shape index (κ1) is 16.3. The largest absolute Gasteiger partial charge is 0.481 e. The third-order valence-corrected chi connectivity index (χ3v) is 4.20. The summed E-state index contributed by atoms with van der Waals surface area (Å²) in [5.74, 6) is 0.860. The Kier molecular flexibility index (Phi) is 6.06. The monoisotopic (exact) mass is 354 g/mol. The number of nitrogens with zero attached hydrogens (tertiary/aromatic N) is 1. The molecule has 1 fully saturated rings. The van der Waals surface area contributed by atoms with Crippen LogP contribution in [-0.2, 0) is 11.3 Å². The molecule has 1 N–H and O–H groups in total. The molecule has 1 atom stereocenters. The number of nitrogens with one attached hydrogen (secondary N) is 1. The molecule has 5 heteroatoms. The van der Waals surface area contributed by atoms with Gasteiger partial charge in [0.1, 0.15) is 5.75 Å². The molecule has 1 aliphatic rings. The highest BCUT2D eigenvalue weighted by Crippen LogP contribution is 2.24. The summed E-state index contributed by atoms with van der Waals surface area (Å²) in [4.78, 5) is 14.3. The van der Waals surface area contributed by atoms with E-state index in [0.717, 1.165) is 41.7 Å².